The van der Waals surface area contributed by atoms with Gasteiger partial charge in [0.15, 0.2) is 0 Å². The zero-order chi connectivity index (χ0) is 10.8. The lowest BCUT2D eigenvalue weighted by molar-refractivity contribution is 0.418. The molecule has 2 heterocycles. The number of aryl methyl sites for hydroxylation is 1. The van der Waals surface area contributed by atoms with Gasteiger partial charge in [-0.25, -0.2) is 4.98 Å². The molecule has 0 saturated heterocycles. The van der Waals surface area contributed by atoms with Gasteiger partial charge in [-0.2, -0.15) is 0 Å². The highest BCUT2D eigenvalue weighted by atomic mass is 127. The fourth-order valence-electron chi connectivity index (χ4n) is 1.22. The lowest BCUT2D eigenvalue weighted by atomic mass is 10.3. The van der Waals surface area contributed by atoms with Gasteiger partial charge in [-0.05, 0) is 29.5 Å². The van der Waals surface area contributed by atoms with Crippen molar-refractivity contribution in [3.63, 3.8) is 0 Å². The molecule has 0 fully saturated rings. The van der Waals surface area contributed by atoms with Crippen molar-refractivity contribution < 1.29 is 4.52 Å². The molecule has 2 aromatic heterocycles. The van der Waals surface area contributed by atoms with Crippen LogP contribution in [0.1, 0.15) is 11.4 Å². The van der Waals surface area contributed by atoms with Crippen molar-refractivity contribution in [1.82, 2.24) is 14.7 Å². The van der Waals surface area contributed by atoms with Gasteiger partial charge in [-0.3, -0.25) is 9.36 Å². The van der Waals surface area contributed by atoms with E-state index in [9.17, 15) is 4.79 Å². The zero-order valence-corrected chi connectivity index (χ0v) is 10.1. The Morgan fingerprint density at radius 2 is 2.33 bits per heavy atom. The Kier molecular flexibility index (Phi) is 2.85. The Morgan fingerprint density at radius 3 is 3.00 bits per heavy atom. The minimum Gasteiger partial charge on any atom is -0.364 e. The second-order valence-electron chi connectivity index (χ2n) is 3.08. The number of hydrogen-bond donors (Lipinski definition) is 0. The maximum absolute atomic E-state index is 11.8. The minimum atomic E-state index is -0.0377. The van der Waals surface area contributed by atoms with Gasteiger partial charge in [-0.1, -0.05) is 5.16 Å². The van der Waals surface area contributed by atoms with Crippen LogP contribution in [0.2, 0.25) is 0 Å². The van der Waals surface area contributed by atoms with Crippen molar-refractivity contribution in [2.24, 2.45) is 0 Å². The molecule has 2 aromatic rings. The van der Waals surface area contributed by atoms with Crippen molar-refractivity contribution >= 4 is 22.6 Å². The highest BCUT2D eigenvalue weighted by molar-refractivity contribution is 14.1. The third-order valence-corrected chi connectivity index (χ3v) is 2.77. The summed E-state index contributed by atoms with van der Waals surface area (Å²) in [7, 11) is 0. The van der Waals surface area contributed by atoms with E-state index in [0.717, 1.165) is 5.56 Å². The molecule has 0 N–H and O–H groups in total. The Hall–Kier alpha value is -1.18. The van der Waals surface area contributed by atoms with Gasteiger partial charge < -0.3 is 4.52 Å². The number of nitrogens with zero attached hydrogens (tertiary/aromatic N) is 3. The van der Waals surface area contributed by atoms with E-state index >= 15 is 0 Å². The van der Waals surface area contributed by atoms with E-state index < -0.39 is 0 Å². The van der Waals surface area contributed by atoms with E-state index in [4.69, 9.17) is 4.52 Å². The largest absolute Gasteiger partial charge is 0.364 e. The molecule has 6 heteroatoms. The fourth-order valence-corrected chi connectivity index (χ4v) is 1.65. The van der Waals surface area contributed by atoms with Gasteiger partial charge in [0.1, 0.15) is 12.1 Å². The normalized spacial score (nSPS) is 10.5. The Labute approximate surface area is 99.3 Å². The van der Waals surface area contributed by atoms with Gasteiger partial charge in [0.2, 0.25) is 0 Å². The Bertz CT molecular complexity index is 519. The SMILES string of the molecule is Cc1ncc(I)c(=O)n1Cc1cnoc1. The van der Waals surface area contributed by atoms with E-state index in [0.29, 0.717) is 15.9 Å². The first kappa shape index (κ1) is 10.3. The number of aromatic nitrogens is 3. The summed E-state index contributed by atoms with van der Waals surface area (Å²) in [5.74, 6) is 0.682. The fraction of sp³-hybridized carbons (Fsp3) is 0.222. The van der Waals surface area contributed by atoms with Crippen LogP contribution in [0.4, 0.5) is 0 Å². The van der Waals surface area contributed by atoms with E-state index in [1.54, 1.807) is 23.9 Å². The second kappa shape index (κ2) is 4.13. The highest BCUT2D eigenvalue weighted by Gasteiger charge is 2.06. The van der Waals surface area contributed by atoms with Crippen LogP contribution < -0.4 is 5.56 Å². The van der Waals surface area contributed by atoms with Crippen LogP contribution in [0.15, 0.2) is 28.0 Å². The summed E-state index contributed by atoms with van der Waals surface area (Å²) in [5.41, 5.74) is 0.813. The van der Waals surface area contributed by atoms with Gasteiger partial charge >= 0.3 is 0 Å². The molecule has 5 nitrogen and oxygen atoms in total. The smallest absolute Gasteiger partial charge is 0.267 e. The third kappa shape index (κ3) is 2.09. The summed E-state index contributed by atoms with van der Waals surface area (Å²) in [6, 6.07) is 0. The molecule has 0 atom stereocenters. The minimum absolute atomic E-state index is 0.0377. The lowest BCUT2D eigenvalue weighted by Crippen LogP contribution is -2.25. The maximum Gasteiger partial charge on any atom is 0.267 e. The van der Waals surface area contributed by atoms with Crippen molar-refractivity contribution in [3.05, 3.63) is 44.0 Å². The zero-order valence-electron chi connectivity index (χ0n) is 7.98. The molecular formula is C9H8IN3O2. The quantitative estimate of drug-likeness (QED) is 0.781. The molecule has 78 valence electrons. The molecule has 0 amide bonds. The average molecular weight is 317 g/mol. The van der Waals surface area contributed by atoms with Crippen molar-refractivity contribution in [2.45, 2.75) is 13.5 Å². The van der Waals surface area contributed by atoms with Crippen LogP contribution >= 0.6 is 22.6 Å². The molecule has 2 rings (SSSR count). The molecule has 0 saturated carbocycles. The number of hydrogen-bond acceptors (Lipinski definition) is 4. The lowest BCUT2D eigenvalue weighted by Gasteiger charge is -2.06. The third-order valence-electron chi connectivity index (χ3n) is 2.03. The van der Waals surface area contributed by atoms with Gasteiger partial charge in [-0.15, -0.1) is 0 Å². The Morgan fingerprint density at radius 1 is 1.53 bits per heavy atom. The first-order valence-corrected chi connectivity index (χ1v) is 5.36. The molecule has 15 heavy (non-hydrogen) atoms. The first-order valence-electron chi connectivity index (χ1n) is 4.28. The van der Waals surface area contributed by atoms with Crippen molar-refractivity contribution in [3.8, 4) is 0 Å². The molecular weight excluding hydrogens is 309 g/mol. The van der Waals surface area contributed by atoms with Gasteiger partial charge in [0, 0.05) is 11.8 Å². The van der Waals surface area contributed by atoms with Crippen LogP contribution in [-0.2, 0) is 6.54 Å². The van der Waals surface area contributed by atoms with E-state index in [2.05, 4.69) is 10.1 Å². The first-order chi connectivity index (χ1) is 7.18. The van der Waals surface area contributed by atoms with Crippen LogP contribution in [0, 0.1) is 10.5 Å². The van der Waals surface area contributed by atoms with E-state index in [1.807, 2.05) is 22.6 Å². The number of halogens is 1. The number of rotatable bonds is 2. The van der Waals surface area contributed by atoms with Crippen LogP contribution in [0.25, 0.3) is 0 Å². The van der Waals surface area contributed by atoms with Gasteiger partial charge in [0.05, 0.1) is 16.3 Å². The average Bonchev–Trinajstić information content (AvgIpc) is 2.71. The van der Waals surface area contributed by atoms with Crippen LogP contribution in [0.3, 0.4) is 0 Å². The summed E-state index contributed by atoms with van der Waals surface area (Å²) in [6.07, 6.45) is 4.68. The molecule has 0 bridgehead atoms. The topological polar surface area (TPSA) is 60.9 Å². The highest BCUT2D eigenvalue weighted by Crippen LogP contribution is 2.02. The molecule has 0 unspecified atom stereocenters. The standard InChI is InChI=1S/C9H8IN3O2/c1-6-11-3-8(10)9(14)13(6)4-7-2-12-15-5-7/h2-3,5H,4H2,1H3. The van der Waals surface area contributed by atoms with Crippen molar-refractivity contribution in [2.75, 3.05) is 0 Å². The molecule has 0 aliphatic heterocycles. The second-order valence-corrected chi connectivity index (χ2v) is 4.24. The maximum atomic E-state index is 11.8. The summed E-state index contributed by atoms with van der Waals surface area (Å²) in [5, 5.41) is 3.59. The monoisotopic (exact) mass is 317 g/mol. The summed E-state index contributed by atoms with van der Waals surface area (Å²) < 4.78 is 6.91. The van der Waals surface area contributed by atoms with Crippen molar-refractivity contribution in [1.29, 1.82) is 0 Å². The molecule has 0 aliphatic carbocycles. The van der Waals surface area contributed by atoms with Crippen LogP contribution in [0.5, 0.6) is 0 Å². The summed E-state index contributed by atoms with van der Waals surface area (Å²) in [6.45, 7) is 2.24. The van der Waals surface area contributed by atoms with E-state index in [-0.39, 0.29) is 5.56 Å². The van der Waals surface area contributed by atoms with Gasteiger partial charge in [0.25, 0.3) is 5.56 Å². The molecule has 0 radical (unpaired) electrons. The summed E-state index contributed by atoms with van der Waals surface area (Å²) >= 11 is 1.97. The predicted octanol–water partition coefficient (Wildman–Crippen LogP) is 1.19. The molecule has 0 aromatic carbocycles. The predicted molar refractivity (Wildman–Crippen MR) is 61.6 cm³/mol. The molecule has 0 spiro atoms. The summed E-state index contributed by atoms with van der Waals surface area (Å²) in [4.78, 5) is 15.9. The molecule has 0 aliphatic rings. The van der Waals surface area contributed by atoms with Crippen LogP contribution in [-0.4, -0.2) is 14.7 Å². The Balaban J connectivity index is 2.44. The van der Waals surface area contributed by atoms with E-state index in [1.165, 1.54) is 6.26 Å².